The first-order chi connectivity index (χ1) is 11.3. The second-order valence-corrected chi connectivity index (χ2v) is 5.73. The number of benzene rings is 1. The summed E-state index contributed by atoms with van der Waals surface area (Å²) in [5, 5.41) is 12.5. The van der Waals surface area contributed by atoms with Crippen molar-refractivity contribution in [2.75, 3.05) is 7.11 Å². The Bertz CT molecular complexity index is 821. The number of aromatic nitrogens is 5. The molecular weight excluding hydrogens is 294 g/mol. The van der Waals surface area contributed by atoms with E-state index in [1.54, 1.807) is 11.8 Å². The Kier molecular flexibility index (Phi) is 3.33. The van der Waals surface area contributed by atoms with Crippen molar-refractivity contribution in [2.24, 2.45) is 0 Å². The van der Waals surface area contributed by atoms with Gasteiger partial charge < -0.3 is 9.26 Å². The average molecular weight is 311 g/mol. The lowest BCUT2D eigenvalue weighted by Gasteiger charge is -2.06. The van der Waals surface area contributed by atoms with Gasteiger partial charge in [0.05, 0.1) is 13.3 Å². The highest BCUT2D eigenvalue weighted by molar-refractivity contribution is 5.66. The fourth-order valence-electron chi connectivity index (χ4n) is 2.48. The summed E-state index contributed by atoms with van der Waals surface area (Å²) >= 11 is 0. The Balaban J connectivity index is 1.61. The second kappa shape index (κ2) is 5.49. The van der Waals surface area contributed by atoms with Crippen LogP contribution in [0.5, 0.6) is 5.75 Å². The van der Waals surface area contributed by atoms with Gasteiger partial charge >= 0.3 is 0 Å². The Morgan fingerprint density at radius 1 is 1.30 bits per heavy atom. The van der Waals surface area contributed by atoms with Crippen LogP contribution in [0, 0.1) is 0 Å². The fraction of sp³-hybridized carbons (Fsp3) is 0.375. The van der Waals surface area contributed by atoms with Crippen molar-refractivity contribution in [3.63, 3.8) is 0 Å². The van der Waals surface area contributed by atoms with Gasteiger partial charge in [-0.15, -0.1) is 5.10 Å². The van der Waals surface area contributed by atoms with E-state index < -0.39 is 0 Å². The van der Waals surface area contributed by atoms with E-state index >= 15 is 0 Å². The Morgan fingerprint density at radius 2 is 2.13 bits per heavy atom. The van der Waals surface area contributed by atoms with Gasteiger partial charge in [0.15, 0.2) is 5.82 Å². The molecule has 7 heteroatoms. The fourth-order valence-corrected chi connectivity index (χ4v) is 2.48. The van der Waals surface area contributed by atoms with E-state index in [4.69, 9.17) is 9.26 Å². The zero-order chi connectivity index (χ0) is 15.8. The number of hydrogen-bond donors (Lipinski definition) is 0. The van der Waals surface area contributed by atoms with Crippen molar-refractivity contribution in [1.29, 1.82) is 0 Å². The minimum Gasteiger partial charge on any atom is -0.496 e. The van der Waals surface area contributed by atoms with E-state index in [2.05, 4.69) is 20.5 Å². The van der Waals surface area contributed by atoms with Crippen LogP contribution in [0.1, 0.15) is 43.4 Å². The molecule has 1 atom stereocenters. The largest absolute Gasteiger partial charge is 0.496 e. The van der Waals surface area contributed by atoms with Gasteiger partial charge in [-0.2, -0.15) is 4.98 Å². The van der Waals surface area contributed by atoms with Crippen LogP contribution in [-0.4, -0.2) is 32.2 Å². The molecule has 0 amide bonds. The van der Waals surface area contributed by atoms with E-state index in [1.165, 1.54) is 0 Å². The molecule has 0 bridgehead atoms. The summed E-state index contributed by atoms with van der Waals surface area (Å²) in [5.41, 5.74) is 1.65. The van der Waals surface area contributed by atoms with Gasteiger partial charge in [0.2, 0.25) is 0 Å². The van der Waals surface area contributed by atoms with Gasteiger partial charge in [0, 0.05) is 11.5 Å². The highest BCUT2D eigenvalue weighted by atomic mass is 16.5. The number of rotatable bonds is 5. The summed E-state index contributed by atoms with van der Waals surface area (Å²) in [7, 11) is 1.64. The lowest BCUT2D eigenvalue weighted by atomic mass is 10.1. The van der Waals surface area contributed by atoms with Crippen LogP contribution in [0.15, 0.2) is 35.0 Å². The maximum absolute atomic E-state index is 5.37. The molecule has 1 aliphatic carbocycles. The van der Waals surface area contributed by atoms with Gasteiger partial charge in [-0.25, -0.2) is 4.68 Å². The molecule has 0 N–H and O–H groups in total. The summed E-state index contributed by atoms with van der Waals surface area (Å²) in [6, 6.07) is 7.56. The van der Waals surface area contributed by atoms with Gasteiger partial charge in [-0.1, -0.05) is 22.5 Å². The first kappa shape index (κ1) is 13.9. The first-order valence-electron chi connectivity index (χ1n) is 7.65. The van der Waals surface area contributed by atoms with Crippen LogP contribution >= 0.6 is 0 Å². The average Bonchev–Trinajstić information content (AvgIpc) is 3.14. The molecule has 2 aromatic heterocycles. The molecule has 4 rings (SSSR count). The number of methoxy groups -OCH3 is 1. The Hall–Kier alpha value is -2.70. The molecule has 1 saturated carbocycles. The summed E-state index contributed by atoms with van der Waals surface area (Å²) in [4.78, 5) is 4.47. The smallest absolute Gasteiger partial charge is 0.251 e. The third-order valence-corrected chi connectivity index (χ3v) is 4.05. The summed E-state index contributed by atoms with van der Waals surface area (Å²) in [6.45, 7) is 1.96. The zero-order valence-electron chi connectivity index (χ0n) is 13.0. The van der Waals surface area contributed by atoms with Gasteiger partial charge in [-0.05, 0) is 31.9 Å². The summed E-state index contributed by atoms with van der Waals surface area (Å²) in [6.07, 6.45) is 4.16. The molecule has 0 saturated heterocycles. The van der Waals surface area contributed by atoms with Gasteiger partial charge in [0.1, 0.15) is 17.5 Å². The first-order valence-corrected chi connectivity index (χ1v) is 7.65. The third-order valence-electron chi connectivity index (χ3n) is 4.05. The van der Waals surface area contributed by atoms with Crippen LogP contribution in [0.25, 0.3) is 11.3 Å². The van der Waals surface area contributed by atoms with Crippen molar-refractivity contribution in [2.45, 2.75) is 31.7 Å². The van der Waals surface area contributed by atoms with Crippen LogP contribution in [0.4, 0.5) is 0 Å². The summed E-state index contributed by atoms with van der Waals surface area (Å²) in [5.74, 6) is 2.60. The second-order valence-electron chi connectivity index (χ2n) is 5.73. The SMILES string of the molecule is COc1ccccc1-c1cn(C(C)c2nc(C3CC3)no2)nn1. The van der Waals surface area contributed by atoms with Crippen LogP contribution in [0.3, 0.4) is 0 Å². The van der Waals surface area contributed by atoms with E-state index in [0.717, 1.165) is 35.7 Å². The van der Waals surface area contributed by atoms with Crippen LogP contribution in [0.2, 0.25) is 0 Å². The highest BCUT2D eigenvalue weighted by Gasteiger charge is 2.30. The van der Waals surface area contributed by atoms with Crippen molar-refractivity contribution < 1.29 is 9.26 Å². The number of para-hydroxylation sites is 1. The van der Waals surface area contributed by atoms with Crippen molar-refractivity contribution in [3.8, 4) is 17.0 Å². The highest BCUT2D eigenvalue weighted by Crippen LogP contribution is 2.38. The molecule has 23 heavy (non-hydrogen) atoms. The predicted octanol–water partition coefficient (Wildman–Crippen LogP) is 2.82. The minimum atomic E-state index is -0.161. The predicted molar refractivity (Wildman–Crippen MR) is 82.1 cm³/mol. The molecule has 7 nitrogen and oxygen atoms in total. The molecule has 2 heterocycles. The van der Waals surface area contributed by atoms with Crippen molar-refractivity contribution >= 4 is 0 Å². The quantitative estimate of drug-likeness (QED) is 0.721. The van der Waals surface area contributed by atoms with E-state index in [-0.39, 0.29) is 6.04 Å². The zero-order valence-corrected chi connectivity index (χ0v) is 13.0. The lowest BCUT2D eigenvalue weighted by Crippen LogP contribution is -2.08. The van der Waals surface area contributed by atoms with Gasteiger partial charge in [0.25, 0.3) is 5.89 Å². The van der Waals surface area contributed by atoms with Crippen LogP contribution < -0.4 is 4.74 Å². The molecule has 0 spiro atoms. The minimum absolute atomic E-state index is 0.161. The Morgan fingerprint density at radius 3 is 2.91 bits per heavy atom. The maximum atomic E-state index is 5.37. The third kappa shape index (κ3) is 2.58. The molecule has 1 aromatic carbocycles. The molecule has 1 fully saturated rings. The molecule has 3 aromatic rings. The number of hydrogen-bond acceptors (Lipinski definition) is 6. The Labute approximate surface area is 133 Å². The topological polar surface area (TPSA) is 78.9 Å². The van der Waals surface area contributed by atoms with Crippen molar-refractivity contribution in [1.82, 2.24) is 25.1 Å². The van der Waals surface area contributed by atoms with Crippen molar-refractivity contribution in [3.05, 3.63) is 42.2 Å². The maximum Gasteiger partial charge on any atom is 0.251 e. The molecular formula is C16H17N5O2. The van der Waals surface area contributed by atoms with Crippen LogP contribution in [-0.2, 0) is 0 Å². The number of ether oxygens (including phenoxy) is 1. The molecule has 118 valence electrons. The van der Waals surface area contributed by atoms with E-state index in [0.29, 0.717) is 11.8 Å². The number of nitrogens with zero attached hydrogens (tertiary/aromatic N) is 5. The summed E-state index contributed by atoms with van der Waals surface area (Å²) < 4.78 is 12.5. The van der Waals surface area contributed by atoms with Gasteiger partial charge in [-0.3, -0.25) is 0 Å². The monoisotopic (exact) mass is 311 g/mol. The van der Waals surface area contributed by atoms with E-state index in [9.17, 15) is 0 Å². The van der Waals surface area contributed by atoms with E-state index in [1.807, 2.05) is 37.4 Å². The molecule has 0 aliphatic heterocycles. The standard InChI is InChI=1S/C16H17N5O2/c1-10(16-17-15(19-23-16)11-7-8-11)21-9-13(18-20-21)12-5-3-4-6-14(12)22-2/h3-6,9-11H,7-8H2,1-2H3. The lowest BCUT2D eigenvalue weighted by molar-refractivity contribution is 0.331. The molecule has 0 radical (unpaired) electrons. The normalized spacial score (nSPS) is 15.6. The molecule has 1 unspecified atom stereocenters. The molecule has 1 aliphatic rings.